The SMILES string of the molecule is NC1=NC(=O)C(=Cc2cn(Cc3ccc(-c4ccccc4[N+](=O)[O-])o3)c(=O)[nH]c2=O)S1. The molecule has 0 saturated carbocycles. The van der Waals surface area contributed by atoms with E-state index in [2.05, 4.69) is 9.98 Å². The van der Waals surface area contributed by atoms with Crippen LogP contribution in [0.25, 0.3) is 17.4 Å². The zero-order chi connectivity index (χ0) is 22.1. The van der Waals surface area contributed by atoms with Crippen LogP contribution in [0, 0.1) is 10.1 Å². The second-order valence-electron chi connectivity index (χ2n) is 6.38. The number of thioether (sulfide) groups is 1. The predicted molar refractivity (Wildman–Crippen MR) is 113 cm³/mol. The molecule has 0 fully saturated rings. The van der Waals surface area contributed by atoms with Gasteiger partial charge in [0, 0.05) is 12.3 Å². The number of nitrogens with one attached hydrogen (secondary N) is 1. The fourth-order valence-electron chi connectivity index (χ4n) is 2.93. The van der Waals surface area contributed by atoms with Crippen LogP contribution in [0.2, 0.25) is 0 Å². The van der Waals surface area contributed by atoms with Crippen molar-refractivity contribution in [3.05, 3.63) is 89.8 Å². The number of benzene rings is 1. The van der Waals surface area contributed by atoms with Crippen molar-refractivity contribution in [2.75, 3.05) is 0 Å². The topological polar surface area (TPSA) is 167 Å². The van der Waals surface area contributed by atoms with Crippen LogP contribution in [0.3, 0.4) is 0 Å². The molecule has 12 heteroatoms. The van der Waals surface area contributed by atoms with Crippen LogP contribution in [-0.4, -0.2) is 25.5 Å². The molecule has 1 aliphatic rings. The number of aromatic nitrogens is 2. The summed E-state index contributed by atoms with van der Waals surface area (Å²) in [7, 11) is 0. The molecule has 0 spiro atoms. The van der Waals surface area contributed by atoms with Gasteiger partial charge in [-0.25, -0.2) is 4.79 Å². The molecule has 0 saturated heterocycles. The average molecular weight is 439 g/mol. The molecule has 4 rings (SSSR count). The Morgan fingerprint density at radius 1 is 1.23 bits per heavy atom. The fraction of sp³-hybridized carbons (Fsp3) is 0.0526. The molecule has 31 heavy (non-hydrogen) atoms. The van der Waals surface area contributed by atoms with Crippen LogP contribution in [0.4, 0.5) is 5.69 Å². The van der Waals surface area contributed by atoms with Gasteiger partial charge in [-0.1, -0.05) is 12.1 Å². The molecule has 1 aliphatic heterocycles. The van der Waals surface area contributed by atoms with Crippen molar-refractivity contribution in [3.63, 3.8) is 0 Å². The molecule has 0 atom stereocenters. The normalized spacial score (nSPS) is 14.8. The minimum Gasteiger partial charge on any atom is -0.459 e. The molecule has 11 nitrogen and oxygen atoms in total. The van der Waals surface area contributed by atoms with Gasteiger partial charge in [0.25, 0.3) is 17.2 Å². The van der Waals surface area contributed by atoms with E-state index in [1.807, 2.05) is 0 Å². The molecule has 3 N–H and O–H groups in total. The van der Waals surface area contributed by atoms with Crippen LogP contribution in [-0.2, 0) is 11.3 Å². The zero-order valence-corrected chi connectivity index (χ0v) is 16.4. The van der Waals surface area contributed by atoms with Crippen molar-refractivity contribution in [2.24, 2.45) is 10.7 Å². The number of furan rings is 1. The molecule has 1 aromatic carbocycles. The summed E-state index contributed by atoms with van der Waals surface area (Å²) in [4.78, 5) is 52.7. The number of aromatic amines is 1. The maximum absolute atomic E-state index is 12.2. The molecule has 0 aliphatic carbocycles. The van der Waals surface area contributed by atoms with E-state index in [9.17, 15) is 24.5 Å². The second kappa shape index (κ2) is 7.91. The zero-order valence-electron chi connectivity index (χ0n) is 15.6. The van der Waals surface area contributed by atoms with Crippen molar-refractivity contribution in [2.45, 2.75) is 6.54 Å². The first kappa shape index (κ1) is 20.1. The van der Waals surface area contributed by atoms with E-state index in [0.717, 1.165) is 11.8 Å². The van der Waals surface area contributed by atoms with Gasteiger partial charge in [0.2, 0.25) is 0 Å². The van der Waals surface area contributed by atoms with Crippen LogP contribution in [0.1, 0.15) is 11.3 Å². The highest BCUT2D eigenvalue weighted by Crippen LogP contribution is 2.31. The number of nitrogens with zero attached hydrogens (tertiary/aromatic N) is 3. The minimum atomic E-state index is -0.683. The Hall–Kier alpha value is -4.19. The number of para-hydroxylation sites is 1. The predicted octanol–water partition coefficient (Wildman–Crippen LogP) is 1.68. The number of hydrogen-bond donors (Lipinski definition) is 2. The van der Waals surface area contributed by atoms with Crippen LogP contribution in [0.15, 0.2) is 66.5 Å². The lowest BCUT2D eigenvalue weighted by molar-refractivity contribution is -0.384. The third kappa shape index (κ3) is 4.09. The Kier molecular flexibility index (Phi) is 5.13. The number of amides is 1. The fourth-order valence-corrected chi connectivity index (χ4v) is 3.60. The summed E-state index contributed by atoms with van der Waals surface area (Å²) in [6.45, 7) is -0.0495. The van der Waals surface area contributed by atoms with E-state index in [1.165, 1.54) is 22.9 Å². The Morgan fingerprint density at radius 3 is 2.71 bits per heavy atom. The van der Waals surface area contributed by atoms with Gasteiger partial charge in [-0.2, -0.15) is 4.99 Å². The number of aliphatic imine (C=N–C) groups is 1. The summed E-state index contributed by atoms with van der Waals surface area (Å²) >= 11 is 0.921. The van der Waals surface area contributed by atoms with Gasteiger partial charge in [0.15, 0.2) is 5.17 Å². The average Bonchev–Trinajstić information content (AvgIpc) is 3.31. The van der Waals surface area contributed by atoms with Crippen molar-refractivity contribution in [1.29, 1.82) is 0 Å². The first-order valence-corrected chi connectivity index (χ1v) is 9.58. The maximum atomic E-state index is 12.2. The summed E-state index contributed by atoms with van der Waals surface area (Å²) in [5.74, 6) is 0.0299. The number of nitrogens with two attached hydrogens (primary N) is 1. The molecule has 0 bridgehead atoms. The lowest BCUT2D eigenvalue weighted by atomic mass is 10.1. The highest BCUT2D eigenvalue weighted by molar-refractivity contribution is 8.18. The molecule has 1 amide bonds. The number of carbonyl (C=O) groups excluding carboxylic acids is 1. The van der Waals surface area contributed by atoms with Gasteiger partial charge in [0.1, 0.15) is 11.5 Å². The van der Waals surface area contributed by atoms with Crippen LogP contribution in [0.5, 0.6) is 0 Å². The number of amidine groups is 1. The number of rotatable bonds is 5. The Balaban J connectivity index is 1.65. The minimum absolute atomic E-state index is 0.0495. The first-order valence-electron chi connectivity index (χ1n) is 8.76. The molecule has 3 heterocycles. The van der Waals surface area contributed by atoms with Crippen molar-refractivity contribution >= 4 is 34.6 Å². The third-order valence-corrected chi connectivity index (χ3v) is 5.13. The van der Waals surface area contributed by atoms with Crippen molar-refractivity contribution in [3.8, 4) is 11.3 Å². The summed E-state index contributed by atoms with van der Waals surface area (Å²) in [6.07, 6.45) is 2.58. The lowest BCUT2D eigenvalue weighted by Crippen LogP contribution is -2.31. The summed E-state index contributed by atoms with van der Waals surface area (Å²) in [6, 6.07) is 9.25. The Morgan fingerprint density at radius 2 is 2.00 bits per heavy atom. The van der Waals surface area contributed by atoms with Gasteiger partial charge in [-0.05, 0) is 36.0 Å². The summed E-state index contributed by atoms with van der Waals surface area (Å²) in [5, 5.41) is 11.3. The monoisotopic (exact) mass is 439 g/mol. The molecule has 156 valence electrons. The van der Waals surface area contributed by atoms with Crippen molar-refractivity contribution in [1.82, 2.24) is 9.55 Å². The van der Waals surface area contributed by atoms with Gasteiger partial charge in [0.05, 0.1) is 27.5 Å². The quantitative estimate of drug-likeness (QED) is 0.344. The second-order valence-corrected chi connectivity index (χ2v) is 7.44. The molecule has 3 aromatic rings. The number of H-pyrrole nitrogens is 1. The van der Waals surface area contributed by atoms with Gasteiger partial charge in [-0.15, -0.1) is 0 Å². The van der Waals surface area contributed by atoms with E-state index in [-0.39, 0.29) is 33.6 Å². The number of carbonyl (C=O) groups is 1. The molecular weight excluding hydrogens is 426 g/mol. The van der Waals surface area contributed by atoms with Gasteiger partial charge < -0.3 is 10.2 Å². The first-order chi connectivity index (χ1) is 14.8. The van der Waals surface area contributed by atoms with Crippen LogP contribution < -0.4 is 17.0 Å². The lowest BCUT2D eigenvalue weighted by Gasteiger charge is -2.05. The van der Waals surface area contributed by atoms with E-state index >= 15 is 0 Å². The standard InChI is InChI=1S/C19H13N5O6S/c20-18-21-17(26)15(31-18)7-10-8-23(19(27)22-16(10)25)9-11-5-6-14(30-11)12-3-1-2-4-13(12)24(28)29/h1-8H,9H2,(H2,20,21,26)(H,22,25,27). The molecular formula is C19H13N5O6S. The van der Waals surface area contributed by atoms with E-state index < -0.39 is 22.1 Å². The summed E-state index contributed by atoms with van der Waals surface area (Å²) < 4.78 is 6.87. The largest absolute Gasteiger partial charge is 0.459 e. The van der Waals surface area contributed by atoms with Crippen molar-refractivity contribution < 1.29 is 14.1 Å². The Bertz CT molecular complexity index is 1400. The number of hydrogen-bond acceptors (Lipinski definition) is 8. The highest BCUT2D eigenvalue weighted by Gasteiger charge is 2.21. The molecule has 2 aromatic heterocycles. The highest BCUT2D eigenvalue weighted by atomic mass is 32.2. The molecule has 0 unspecified atom stereocenters. The van der Waals surface area contributed by atoms with Crippen LogP contribution >= 0.6 is 11.8 Å². The van der Waals surface area contributed by atoms with E-state index in [0.29, 0.717) is 11.3 Å². The van der Waals surface area contributed by atoms with E-state index in [4.69, 9.17) is 10.2 Å². The van der Waals surface area contributed by atoms with E-state index in [1.54, 1.807) is 30.3 Å². The van der Waals surface area contributed by atoms with Gasteiger partial charge in [-0.3, -0.25) is 29.3 Å². The van der Waals surface area contributed by atoms with Gasteiger partial charge >= 0.3 is 5.69 Å². The summed E-state index contributed by atoms with van der Waals surface area (Å²) in [5.41, 5.74) is 4.39. The molecule has 0 radical (unpaired) electrons. The smallest absolute Gasteiger partial charge is 0.328 e. The number of nitro benzene ring substituents is 1. The maximum Gasteiger partial charge on any atom is 0.328 e. The number of nitro groups is 1. The third-order valence-electron chi connectivity index (χ3n) is 4.32. The Labute approximate surface area is 177 Å².